The molecular formula is C11H10N2OS. The van der Waals surface area contributed by atoms with Crippen LogP contribution in [-0.4, -0.2) is 14.9 Å². The van der Waals surface area contributed by atoms with Crippen LogP contribution in [-0.2, 0) is 13.2 Å². The molecule has 2 heterocycles. The lowest BCUT2D eigenvalue weighted by molar-refractivity contribution is 0.282. The predicted molar refractivity (Wildman–Crippen MR) is 60.3 cm³/mol. The molecule has 0 amide bonds. The maximum Gasteiger partial charge on any atom is 0.108 e. The van der Waals surface area contributed by atoms with Crippen LogP contribution in [0.5, 0.6) is 0 Å². The van der Waals surface area contributed by atoms with Gasteiger partial charge in [-0.25, -0.2) is 0 Å². The summed E-state index contributed by atoms with van der Waals surface area (Å²) < 4.78 is 1.67. The van der Waals surface area contributed by atoms with Gasteiger partial charge in [0.25, 0.3) is 0 Å². The third kappa shape index (κ3) is 1.94. The summed E-state index contributed by atoms with van der Waals surface area (Å²) in [5.41, 5.74) is 1.63. The van der Waals surface area contributed by atoms with Crippen molar-refractivity contribution in [2.24, 2.45) is 0 Å². The number of terminal acetylenes is 1. The van der Waals surface area contributed by atoms with E-state index in [1.165, 1.54) is 0 Å². The van der Waals surface area contributed by atoms with Gasteiger partial charge in [-0.2, -0.15) is 5.10 Å². The van der Waals surface area contributed by atoms with Gasteiger partial charge in [0.15, 0.2) is 0 Å². The van der Waals surface area contributed by atoms with Gasteiger partial charge in [-0.3, -0.25) is 4.68 Å². The topological polar surface area (TPSA) is 38.0 Å². The lowest BCUT2D eigenvalue weighted by atomic mass is 10.2. The van der Waals surface area contributed by atoms with E-state index in [4.69, 9.17) is 6.42 Å². The molecular weight excluding hydrogens is 208 g/mol. The minimum Gasteiger partial charge on any atom is -0.392 e. The third-order valence-corrected chi connectivity index (χ3v) is 2.89. The Kier molecular flexibility index (Phi) is 2.86. The van der Waals surface area contributed by atoms with Crippen molar-refractivity contribution in [1.82, 2.24) is 9.78 Å². The zero-order chi connectivity index (χ0) is 10.7. The van der Waals surface area contributed by atoms with Crippen molar-refractivity contribution in [2.45, 2.75) is 13.2 Å². The molecule has 4 heteroatoms. The molecule has 0 aromatic carbocycles. The summed E-state index contributed by atoms with van der Waals surface area (Å²) in [7, 11) is 0. The molecule has 0 saturated carbocycles. The van der Waals surface area contributed by atoms with E-state index in [-0.39, 0.29) is 6.61 Å². The van der Waals surface area contributed by atoms with Crippen LogP contribution in [0.25, 0.3) is 10.6 Å². The average Bonchev–Trinajstić information content (AvgIpc) is 2.84. The molecule has 2 aromatic rings. The standard InChI is InChI=1S/C11H10N2OS/c1-2-5-13-7-9(8-14)11(12-13)10-4-3-6-15-10/h1,3-4,6-7,14H,5,8H2. The smallest absolute Gasteiger partial charge is 0.108 e. The SMILES string of the molecule is C#CCn1cc(CO)c(-c2cccs2)n1. The van der Waals surface area contributed by atoms with Gasteiger partial charge >= 0.3 is 0 Å². The number of thiophene rings is 1. The number of hydrogen-bond acceptors (Lipinski definition) is 3. The van der Waals surface area contributed by atoms with E-state index in [0.29, 0.717) is 6.54 Å². The van der Waals surface area contributed by atoms with Crippen LogP contribution in [0.2, 0.25) is 0 Å². The third-order valence-electron chi connectivity index (χ3n) is 2.02. The van der Waals surface area contributed by atoms with E-state index in [9.17, 15) is 5.11 Å². The second-order valence-electron chi connectivity index (χ2n) is 3.04. The highest BCUT2D eigenvalue weighted by atomic mass is 32.1. The van der Waals surface area contributed by atoms with Gasteiger partial charge in [-0.15, -0.1) is 17.8 Å². The molecule has 2 aromatic heterocycles. The molecule has 15 heavy (non-hydrogen) atoms. The Hall–Kier alpha value is -1.57. The number of aliphatic hydroxyl groups excluding tert-OH is 1. The number of rotatable bonds is 3. The lowest BCUT2D eigenvalue weighted by Gasteiger charge is -1.93. The second kappa shape index (κ2) is 4.30. The van der Waals surface area contributed by atoms with Crippen LogP contribution in [0.3, 0.4) is 0 Å². The Balaban J connectivity index is 2.42. The van der Waals surface area contributed by atoms with Crippen molar-refractivity contribution >= 4 is 11.3 Å². The molecule has 0 aliphatic rings. The lowest BCUT2D eigenvalue weighted by Crippen LogP contribution is -1.95. The minimum absolute atomic E-state index is 0.0161. The van der Waals surface area contributed by atoms with Crippen LogP contribution in [0.15, 0.2) is 23.7 Å². The summed E-state index contributed by atoms with van der Waals surface area (Å²) in [5, 5.41) is 15.5. The highest BCUT2D eigenvalue weighted by Gasteiger charge is 2.10. The Morgan fingerprint density at radius 1 is 1.60 bits per heavy atom. The van der Waals surface area contributed by atoms with Gasteiger partial charge in [0.1, 0.15) is 12.2 Å². The Morgan fingerprint density at radius 3 is 3.07 bits per heavy atom. The molecule has 0 unspecified atom stereocenters. The average molecular weight is 218 g/mol. The Morgan fingerprint density at radius 2 is 2.47 bits per heavy atom. The van der Waals surface area contributed by atoms with Gasteiger partial charge in [0.2, 0.25) is 0 Å². The Bertz CT molecular complexity index is 479. The molecule has 0 fully saturated rings. The van der Waals surface area contributed by atoms with E-state index in [2.05, 4.69) is 11.0 Å². The zero-order valence-corrected chi connectivity index (χ0v) is 8.87. The quantitative estimate of drug-likeness (QED) is 0.797. The van der Waals surface area contributed by atoms with Crippen LogP contribution in [0.4, 0.5) is 0 Å². The highest BCUT2D eigenvalue weighted by Crippen LogP contribution is 2.26. The fraction of sp³-hybridized carbons (Fsp3) is 0.182. The summed E-state index contributed by atoms with van der Waals surface area (Å²) in [6.07, 6.45) is 7.00. The van der Waals surface area contributed by atoms with Crippen molar-refractivity contribution in [2.75, 3.05) is 0 Å². The number of hydrogen-bond donors (Lipinski definition) is 1. The Labute approximate surface area is 92.0 Å². The van der Waals surface area contributed by atoms with Crippen molar-refractivity contribution in [3.63, 3.8) is 0 Å². The predicted octanol–water partition coefficient (Wildman–Crippen LogP) is 1.74. The first kappa shape index (κ1) is 9.97. The van der Waals surface area contributed by atoms with Gasteiger partial charge in [-0.1, -0.05) is 12.0 Å². The van der Waals surface area contributed by atoms with E-state index in [0.717, 1.165) is 16.1 Å². The highest BCUT2D eigenvalue weighted by molar-refractivity contribution is 7.13. The maximum atomic E-state index is 9.20. The van der Waals surface area contributed by atoms with Crippen molar-refractivity contribution in [3.8, 4) is 22.9 Å². The maximum absolute atomic E-state index is 9.20. The number of nitrogens with zero attached hydrogens (tertiary/aromatic N) is 2. The fourth-order valence-corrected chi connectivity index (χ4v) is 2.12. The van der Waals surface area contributed by atoms with E-state index in [1.54, 1.807) is 22.2 Å². The molecule has 76 valence electrons. The zero-order valence-electron chi connectivity index (χ0n) is 8.05. The summed E-state index contributed by atoms with van der Waals surface area (Å²) in [6, 6.07) is 3.94. The van der Waals surface area contributed by atoms with Gasteiger partial charge in [0, 0.05) is 11.8 Å². The van der Waals surface area contributed by atoms with Gasteiger partial charge in [0.05, 0.1) is 11.5 Å². The number of aliphatic hydroxyl groups is 1. The minimum atomic E-state index is -0.0161. The molecule has 0 bridgehead atoms. The largest absolute Gasteiger partial charge is 0.392 e. The molecule has 2 rings (SSSR count). The van der Waals surface area contributed by atoms with Crippen molar-refractivity contribution < 1.29 is 5.11 Å². The molecule has 0 saturated heterocycles. The van der Waals surface area contributed by atoms with Crippen LogP contribution in [0.1, 0.15) is 5.56 Å². The molecule has 0 aliphatic heterocycles. The first-order chi connectivity index (χ1) is 7.35. The van der Waals surface area contributed by atoms with Crippen molar-refractivity contribution in [3.05, 3.63) is 29.3 Å². The van der Waals surface area contributed by atoms with Crippen LogP contribution >= 0.6 is 11.3 Å². The van der Waals surface area contributed by atoms with Crippen LogP contribution < -0.4 is 0 Å². The van der Waals surface area contributed by atoms with Gasteiger partial charge < -0.3 is 5.11 Å². The molecule has 0 aliphatic carbocycles. The number of aromatic nitrogens is 2. The monoisotopic (exact) mass is 218 g/mol. The van der Waals surface area contributed by atoms with Crippen LogP contribution in [0, 0.1) is 12.3 Å². The molecule has 3 nitrogen and oxygen atoms in total. The normalized spacial score (nSPS) is 10.1. The summed E-state index contributed by atoms with van der Waals surface area (Å²) >= 11 is 1.60. The van der Waals surface area contributed by atoms with E-state index in [1.807, 2.05) is 17.5 Å². The first-order valence-electron chi connectivity index (χ1n) is 4.49. The molecule has 0 atom stereocenters. The second-order valence-corrected chi connectivity index (χ2v) is 3.99. The van der Waals surface area contributed by atoms with Crippen molar-refractivity contribution in [1.29, 1.82) is 0 Å². The molecule has 0 spiro atoms. The van der Waals surface area contributed by atoms with E-state index < -0.39 is 0 Å². The summed E-state index contributed by atoms with van der Waals surface area (Å²) in [4.78, 5) is 1.05. The summed E-state index contributed by atoms with van der Waals surface area (Å²) in [5.74, 6) is 2.52. The van der Waals surface area contributed by atoms with Gasteiger partial charge in [-0.05, 0) is 11.4 Å². The fourth-order valence-electron chi connectivity index (χ4n) is 1.37. The first-order valence-corrected chi connectivity index (χ1v) is 5.37. The molecule has 1 N–H and O–H groups in total. The summed E-state index contributed by atoms with van der Waals surface area (Å²) in [6.45, 7) is 0.413. The molecule has 0 radical (unpaired) electrons. The van der Waals surface area contributed by atoms with E-state index >= 15 is 0 Å².